The lowest BCUT2D eigenvalue weighted by atomic mass is 9.89. The third-order valence-electron chi connectivity index (χ3n) is 10.5. The number of rotatable bonds is 7. The number of anilines is 1. The maximum atomic E-state index is 16.7. The number of morpholine rings is 1. The highest BCUT2D eigenvalue weighted by molar-refractivity contribution is 5.93. The zero-order chi connectivity index (χ0) is 32.1. The Morgan fingerprint density at radius 3 is 2.60 bits per heavy atom. The molecular weight excluding hydrogens is 600 g/mol. The van der Waals surface area contributed by atoms with Crippen molar-refractivity contribution < 1.29 is 23.4 Å². The van der Waals surface area contributed by atoms with Crippen LogP contribution in [0.2, 0.25) is 0 Å². The van der Waals surface area contributed by atoms with Crippen molar-refractivity contribution in [3.8, 4) is 18.4 Å². The molecule has 3 aromatic rings. The van der Waals surface area contributed by atoms with E-state index in [0.717, 1.165) is 63.0 Å². The number of allylic oxidation sites excluding steroid dienone is 2. The van der Waals surface area contributed by atoms with Crippen molar-refractivity contribution in [2.75, 3.05) is 44.4 Å². The third kappa shape index (κ3) is 5.75. The van der Waals surface area contributed by atoms with E-state index >= 15 is 8.78 Å². The van der Waals surface area contributed by atoms with Crippen LogP contribution in [0.25, 0.3) is 22.6 Å². The van der Waals surface area contributed by atoms with Crippen LogP contribution in [0.15, 0.2) is 36.1 Å². The van der Waals surface area contributed by atoms with Crippen molar-refractivity contribution in [2.24, 2.45) is 0 Å². The van der Waals surface area contributed by atoms with Gasteiger partial charge in [-0.15, -0.1) is 6.42 Å². The van der Waals surface area contributed by atoms with Crippen LogP contribution in [0.1, 0.15) is 60.8 Å². The SMILES string of the molecule is C#Cc1cccc2c1CC/C(c1c(F)cc3c(N4CC5CCC(C4)N5)nc(OCCCN4C5CCC4COC5)nc3c1F)=C\C(O)=C/2. The van der Waals surface area contributed by atoms with Gasteiger partial charge in [-0.1, -0.05) is 18.1 Å². The molecule has 0 saturated carbocycles. The fourth-order valence-electron chi connectivity index (χ4n) is 8.28. The Morgan fingerprint density at radius 1 is 1.04 bits per heavy atom. The summed E-state index contributed by atoms with van der Waals surface area (Å²) >= 11 is 0. The van der Waals surface area contributed by atoms with Crippen molar-refractivity contribution >= 4 is 28.4 Å². The molecule has 8 nitrogen and oxygen atoms in total. The quantitative estimate of drug-likeness (QED) is 0.263. The van der Waals surface area contributed by atoms with Crippen molar-refractivity contribution in [2.45, 2.75) is 69.1 Å². The van der Waals surface area contributed by atoms with Gasteiger partial charge in [0, 0.05) is 54.8 Å². The van der Waals surface area contributed by atoms with E-state index < -0.39 is 11.6 Å². The maximum Gasteiger partial charge on any atom is 0.319 e. The van der Waals surface area contributed by atoms with Gasteiger partial charge in [-0.05, 0) is 85.9 Å². The lowest BCUT2D eigenvalue weighted by molar-refractivity contribution is -0.0161. The number of ether oxygens (including phenoxy) is 2. The predicted octanol–water partition coefficient (Wildman–Crippen LogP) is 5.39. The van der Waals surface area contributed by atoms with E-state index in [2.05, 4.69) is 26.0 Å². The molecule has 8 rings (SSSR count). The van der Waals surface area contributed by atoms with Crippen LogP contribution in [-0.4, -0.2) is 83.6 Å². The highest BCUT2D eigenvalue weighted by atomic mass is 19.1. The van der Waals surface area contributed by atoms with Gasteiger partial charge in [0.2, 0.25) is 0 Å². The summed E-state index contributed by atoms with van der Waals surface area (Å²) in [5, 5.41) is 14.8. The molecule has 4 saturated heterocycles. The first-order chi connectivity index (χ1) is 22.9. The van der Waals surface area contributed by atoms with Gasteiger partial charge >= 0.3 is 6.01 Å². The van der Waals surface area contributed by atoms with Crippen LogP contribution in [0.4, 0.5) is 14.6 Å². The van der Waals surface area contributed by atoms with Gasteiger partial charge in [-0.2, -0.15) is 9.97 Å². The molecule has 10 heteroatoms. The number of nitrogens with zero attached hydrogens (tertiary/aromatic N) is 4. The van der Waals surface area contributed by atoms with Crippen molar-refractivity contribution in [3.63, 3.8) is 0 Å². The number of aliphatic hydroxyl groups excluding tert-OH is 1. The highest BCUT2D eigenvalue weighted by Gasteiger charge is 2.37. The van der Waals surface area contributed by atoms with Gasteiger partial charge in [-0.25, -0.2) is 8.78 Å². The average molecular weight is 640 g/mol. The number of aliphatic hydroxyl groups is 1. The first kappa shape index (κ1) is 30.3. The number of terminal acetylenes is 1. The molecule has 4 aliphatic heterocycles. The first-order valence-corrected chi connectivity index (χ1v) is 16.8. The summed E-state index contributed by atoms with van der Waals surface area (Å²) < 4.78 is 44.7. The van der Waals surface area contributed by atoms with Gasteiger partial charge in [-0.3, -0.25) is 4.90 Å². The van der Waals surface area contributed by atoms with Crippen LogP contribution >= 0.6 is 0 Å². The molecule has 4 unspecified atom stereocenters. The summed E-state index contributed by atoms with van der Waals surface area (Å²) in [6.07, 6.45) is 14.7. The monoisotopic (exact) mass is 639 g/mol. The minimum Gasteiger partial charge on any atom is -0.508 e. The molecule has 5 aliphatic rings. The Bertz CT molecular complexity index is 1790. The predicted molar refractivity (Wildman–Crippen MR) is 177 cm³/mol. The van der Waals surface area contributed by atoms with Gasteiger partial charge in [0.25, 0.3) is 0 Å². The molecule has 0 spiro atoms. The number of hydrogen-bond acceptors (Lipinski definition) is 8. The lowest BCUT2D eigenvalue weighted by Crippen LogP contribution is -2.51. The van der Waals surface area contributed by atoms with Crippen LogP contribution < -0.4 is 15.0 Å². The number of aromatic nitrogens is 2. The van der Waals surface area contributed by atoms with Crippen LogP contribution in [-0.2, 0) is 11.2 Å². The Kier molecular flexibility index (Phi) is 8.08. The molecule has 4 bridgehead atoms. The van der Waals surface area contributed by atoms with Crippen molar-refractivity contribution in [1.82, 2.24) is 20.2 Å². The maximum absolute atomic E-state index is 16.7. The van der Waals surface area contributed by atoms with Gasteiger partial charge < -0.3 is 24.8 Å². The molecule has 1 aromatic heterocycles. The van der Waals surface area contributed by atoms with E-state index in [0.29, 0.717) is 72.6 Å². The summed E-state index contributed by atoms with van der Waals surface area (Å²) in [4.78, 5) is 13.9. The largest absolute Gasteiger partial charge is 0.508 e. The second-order valence-electron chi connectivity index (χ2n) is 13.4. The molecule has 5 heterocycles. The molecule has 244 valence electrons. The van der Waals surface area contributed by atoms with E-state index in [-0.39, 0.29) is 29.3 Å². The molecular formula is C37H39F2N5O3. The topological polar surface area (TPSA) is 83.0 Å². The molecule has 2 N–H and O–H groups in total. The summed E-state index contributed by atoms with van der Waals surface area (Å²) in [5.74, 6) is 1.56. The molecule has 1 aliphatic carbocycles. The highest BCUT2D eigenvalue weighted by Crippen LogP contribution is 2.38. The second kappa shape index (κ2) is 12.5. The Labute approximate surface area is 273 Å². The average Bonchev–Trinajstić information content (AvgIpc) is 3.50. The summed E-state index contributed by atoms with van der Waals surface area (Å²) in [7, 11) is 0. The molecule has 0 amide bonds. The van der Waals surface area contributed by atoms with Gasteiger partial charge in [0.05, 0.1) is 25.4 Å². The Balaban J connectivity index is 1.13. The van der Waals surface area contributed by atoms with E-state index in [4.69, 9.17) is 20.9 Å². The van der Waals surface area contributed by atoms with Crippen molar-refractivity contribution in [1.29, 1.82) is 0 Å². The van der Waals surface area contributed by atoms with Gasteiger partial charge in [0.15, 0.2) is 5.82 Å². The normalized spacial score (nSPS) is 27.7. The smallest absolute Gasteiger partial charge is 0.319 e. The zero-order valence-electron chi connectivity index (χ0n) is 26.4. The summed E-state index contributed by atoms with van der Waals surface area (Å²) in [6, 6.07) is 8.49. The van der Waals surface area contributed by atoms with E-state index in [1.165, 1.54) is 12.1 Å². The van der Waals surface area contributed by atoms with Crippen molar-refractivity contribution in [3.05, 3.63) is 70.0 Å². The Hall–Kier alpha value is -4.04. The van der Waals surface area contributed by atoms with Crippen LogP contribution in [0.5, 0.6) is 6.01 Å². The molecule has 4 fully saturated rings. The fraction of sp³-hybridized carbons (Fsp3) is 0.459. The van der Waals surface area contributed by atoms with E-state index in [1.54, 1.807) is 6.08 Å². The third-order valence-corrected chi connectivity index (χ3v) is 10.5. The number of benzene rings is 2. The fourth-order valence-corrected chi connectivity index (χ4v) is 8.28. The molecule has 2 aromatic carbocycles. The van der Waals surface area contributed by atoms with E-state index in [1.807, 2.05) is 18.2 Å². The molecule has 4 atom stereocenters. The number of hydrogen-bond donors (Lipinski definition) is 2. The minimum absolute atomic E-state index is 0.00893. The Morgan fingerprint density at radius 2 is 1.83 bits per heavy atom. The lowest BCUT2D eigenvalue weighted by Gasteiger charge is -2.34. The molecule has 47 heavy (non-hydrogen) atoms. The number of nitrogens with one attached hydrogen (secondary N) is 1. The second-order valence-corrected chi connectivity index (χ2v) is 13.4. The summed E-state index contributed by atoms with van der Waals surface area (Å²) in [5.41, 5.74) is 2.46. The van der Waals surface area contributed by atoms with E-state index in [9.17, 15) is 5.11 Å². The number of fused-ring (bicyclic) bond motifs is 6. The van der Waals surface area contributed by atoms with Crippen LogP contribution in [0, 0.1) is 24.0 Å². The standard InChI is InChI=1S/C37H39F2N5O3/c1-2-22-5-3-6-23-15-29(45)16-24(7-12-30(22)23)33-32(38)17-31-35(34(33)39)41-37(42-36(31)43-18-25-8-9-26(19-43)40-25)47-14-4-13-44-27-10-11-28(44)21-46-20-27/h1,3,5-6,15-17,25-28,40,45H,4,7-14,18-21H2/b24-16+,29-15+. The number of halogens is 2. The first-order valence-electron chi connectivity index (χ1n) is 16.8. The zero-order valence-corrected chi connectivity index (χ0v) is 26.4. The van der Waals surface area contributed by atoms with Crippen LogP contribution in [0.3, 0.4) is 0 Å². The summed E-state index contributed by atoms with van der Waals surface area (Å²) in [6.45, 7) is 4.20. The minimum atomic E-state index is -0.790. The number of piperazine rings is 1. The van der Waals surface area contributed by atoms with Gasteiger partial charge in [0.1, 0.15) is 22.9 Å². The molecule has 0 radical (unpaired) electrons.